The summed E-state index contributed by atoms with van der Waals surface area (Å²) >= 11 is 5.85. The molecule has 6 nitrogen and oxygen atoms in total. The zero-order chi connectivity index (χ0) is 20.3. The Morgan fingerprint density at radius 2 is 1.75 bits per heavy atom. The average Bonchev–Trinajstić information content (AvgIpc) is 2.66. The molecular weight excluding hydrogens is 398 g/mol. The number of nitrogens with zero attached hydrogens (tertiary/aromatic N) is 1. The van der Waals surface area contributed by atoms with Crippen molar-refractivity contribution >= 4 is 33.2 Å². The molecule has 3 rings (SSSR count). The Kier molecular flexibility index (Phi) is 6.40. The summed E-state index contributed by atoms with van der Waals surface area (Å²) in [5, 5.41) is 3.46. The zero-order valence-corrected chi connectivity index (χ0v) is 17.6. The Morgan fingerprint density at radius 3 is 2.39 bits per heavy atom. The van der Waals surface area contributed by atoms with Crippen LogP contribution in [0.5, 0.6) is 0 Å². The molecule has 28 heavy (non-hydrogen) atoms. The van der Waals surface area contributed by atoms with Crippen LogP contribution in [0.3, 0.4) is 0 Å². The normalized spacial score (nSPS) is 16.1. The van der Waals surface area contributed by atoms with E-state index >= 15 is 0 Å². The predicted molar refractivity (Wildman–Crippen MR) is 110 cm³/mol. The first kappa shape index (κ1) is 20.8. The van der Waals surface area contributed by atoms with E-state index in [2.05, 4.69) is 5.32 Å². The molecule has 2 aromatic carbocycles. The number of benzene rings is 2. The van der Waals surface area contributed by atoms with Gasteiger partial charge in [-0.3, -0.25) is 4.79 Å². The molecule has 2 aromatic rings. The lowest BCUT2D eigenvalue weighted by Crippen LogP contribution is -3.15. The van der Waals surface area contributed by atoms with Crippen LogP contribution in [0, 0.1) is 13.8 Å². The maximum absolute atomic E-state index is 13.0. The number of anilines is 1. The van der Waals surface area contributed by atoms with E-state index in [1.54, 1.807) is 30.3 Å². The molecule has 1 amide bonds. The highest BCUT2D eigenvalue weighted by atomic mass is 35.5. The highest BCUT2D eigenvalue weighted by Crippen LogP contribution is 2.21. The van der Waals surface area contributed by atoms with Crippen LogP contribution in [0.15, 0.2) is 47.4 Å². The molecule has 2 N–H and O–H groups in total. The van der Waals surface area contributed by atoms with Crippen LogP contribution in [0.25, 0.3) is 0 Å². The molecule has 0 unspecified atom stereocenters. The van der Waals surface area contributed by atoms with Gasteiger partial charge in [-0.25, -0.2) is 8.42 Å². The van der Waals surface area contributed by atoms with E-state index in [9.17, 15) is 13.2 Å². The van der Waals surface area contributed by atoms with E-state index in [-0.39, 0.29) is 5.91 Å². The summed E-state index contributed by atoms with van der Waals surface area (Å²) in [6.07, 6.45) is 0. The number of rotatable bonds is 5. The van der Waals surface area contributed by atoms with Crippen molar-refractivity contribution in [2.24, 2.45) is 0 Å². The summed E-state index contributed by atoms with van der Waals surface area (Å²) in [6.45, 7) is 6.00. The molecular formula is C20H25ClN3O3S+. The third kappa shape index (κ3) is 4.91. The smallest absolute Gasteiger partial charge is 0.279 e. The van der Waals surface area contributed by atoms with Crippen LogP contribution in [-0.4, -0.2) is 51.4 Å². The molecule has 1 saturated heterocycles. The fourth-order valence-corrected chi connectivity index (χ4v) is 5.19. The van der Waals surface area contributed by atoms with Crippen LogP contribution in [-0.2, 0) is 14.8 Å². The van der Waals surface area contributed by atoms with Gasteiger partial charge in [-0.1, -0.05) is 23.7 Å². The Bertz CT molecular complexity index is 953. The second kappa shape index (κ2) is 8.61. The molecule has 0 bridgehead atoms. The van der Waals surface area contributed by atoms with Gasteiger partial charge in [0.2, 0.25) is 10.0 Å². The number of sulfonamides is 1. The lowest BCUT2D eigenvalue weighted by atomic mass is 10.2. The molecule has 0 aliphatic carbocycles. The van der Waals surface area contributed by atoms with Crippen molar-refractivity contribution in [2.75, 3.05) is 38.0 Å². The van der Waals surface area contributed by atoms with Gasteiger partial charge in [0.1, 0.15) is 0 Å². The molecule has 0 radical (unpaired) electrons. The van der Waals surface area contributed by atoms with Crippen molar-refractivity contribution in [2.45, 2.75) is 18.7 Å². The summed E-state index contributed by atoms with van der Waals surface area (Å²) in [6, 6.07) is 12.4. The largest absolute Gasteiger partial charge is 0.325 e. The van der Waals surface area contributed by atoms with E-state index in [1.807, 2.05) is 26.0 Å². The number of halogens is 1. The Balaban J connectivity index is 1.57. The minimum atomic E-state index is -3.51. The fourth-order valence-electron chi connectivity index (χ4n) is 3.31. The fraction of sp³-hybridized carbons (Fsp3) is 0.350. The molecule has 8 heteroatoms. The third-order valence-corrected chi connectivity index (χ3v) is 7.22. The number of carbonyl (C=O) groups excluding carboxylic acids is 1. The van der Waals surface area contributed by atoms with Gasteiger partial charge in [0.25, 0.3) is 5.91 Å². The van der Waals surface area contributed by atoms with Crippen molar-refractivity contribution in [1.82, 2.24) is 4.31 Å². The van der Waals surface area contributed by atoms with Crippen LogP contribution >= 0.6 is 11.6 Å². The van der Waals surface area contributed by atoms with Crippen molar-refractivity contribution in [1.29, 1.82) is 0 Å². The van der Waals surface area contributed by atoms with E-state index in [1.165, 1.54) is 4.31 Å². The van der Waals surface area contributed by atoms with E-state index < -0.39 is 10.0 Å². The lowest BCUT2D eigenvalue weighted by Gasteiger charge is -2.31. The monoisotopic (exact) mass is 422 g/mol. The Hall–Kier alpha value is -1.93. The quantitative estimate of drug-likeness (QED) is 0.766. The van der Waals surface area contributed by atoms with Crippen LogP contribution in [0.4, 0.5) is 5.69 Å². The van der Waals surface area contributed by atoms with Gasteiger partial charge in [0.05, 0.1) is 31.1 Å². The molecule has 0 atom stereocenters. The van der Waals surface area contributed by atoms with E-state index in [4.69, 9.17) is 11.6 Å². The maximum Gasteiger partial charge on any atom is 0.279 e. The standard InChI is InChI=1S/C20H24ClN3O3S/c1-15-3-4-16(2)19(13-15)28(26,27)24-11-9-23(10-12-24)14-20(25)22-18-7-5-17(21)6-8-18/h3-8,13H,9-12,14H2,1-2H3,(H,22,25)/p+1. The Morgan fingerprint density at radius 1 is 1.11 bits per heavy atom. The number of quaternary nitrogens is 1. The predicted octanol–water partition coefficient (Wildman–Crippen LogP) is 1.48. The van der Waals surface area contributed by atoms with Crippen molar-refractivity contribution < 1.29 is 18.1 Å². The van der Waals surface area contributed by atoms with Gasteiger partial charge in [0, 0.05) is 10.7 Å². The molecule has 1 aliphatic heterocycles. The van der Waals surface area contributed by atoms with Crippen LogP contribution in [0.2, 0.25) is 5.02 Å². The van der Waals surface area contributed by atoms with Gasteiger partial charge in [0.15, 0.2) is 6.54 Å². The maximum atomic E-state index is 13.0. The number of nitrogens with one attached hydrogen (secondary N) is 2. The molecule has 150 valence electrons. The van der Waals surface area contributed by atoms with Gasteiger partial charge >= 0.3 is 0 Å². The molecule has 1 aliphatic rings. The number of amides is 1. The lowest BCUT2D eigenvalue weighted by molar-refractivity contribution is -0.895. The summed E-state index contributed by atoms with van der Waals surface area (Å²) in [7, 11) is -3.51. The summed E-state index contributed by atoms with van der Waals surface area (Å²) in [4.78, 5) is 13.7. The van der Waals surface area contributed by atoms with Crippen LogP contribution in [0.1, 0.15) is 11.1 Å². The Labute approximate surface area is 171 Å². The van der Waals surface area contributed by atoms with Gasteiger partial charge in [-0.2, -0.15) is 4.31 Å². The van der Waals surface area contributed by atoms with Gasteiger partial charge < -0.3 is 10.2 Å². The summed E-state index contributed by atoms with van der Waals surface area (Å²) in [5.74, 6) is -0.0943. The zero-order valence-electron chi connectivity index (χ0n) is 16.0. The average molecular weight is 423 g/mol. The molecule has 0 aromatic heterocycles. The second-order valence-electron chi connectivity index (χ2n) is 7.15. The number of carbonyl (C=O) groups is 1. The molecule has 0 saturated carbocycles. The van der Waals surface area contributed by atoms with Gasteiger partial charge in [-0.05, 0) is 55.3 Å². The number of hydrogen-bond acceptors (Lipinski definition) is 3. The SMILES string of the molecule is Cc1ccc(C)c(S(=O)(=O)N2CC[NH+](CC(=O)Nc3ccc(Cl)cc3)CC2)c1. The first-order valence-electron chi connectivity index (χ1n) is 9.22. The minimum Gasteiger partial charge on any atom is -0.325 e. The van der Waals surface area contributed by atoms with Crippen LogP contribution < -0.4 is 10.2 Å². The van der Waals surface area contributed by atoms with Crippen molar-refractivity contribution in [3.63, 3.8) is 0 Å². The van der Waals surface area contributed by atoms with E-state index in [0.29, 0.717) is 48.3 Å². The van der Waals surface area contributed by atoms with E-state index in [0.717, 1.165) is 16.0 Å². The highest BCUT2D eigenvalue weighted by molar-refractivity contribution is 7.89. The van der Waals surface area contributed by atoms with Crippen molar-refractivity contribution in [3.8, 4) is 0 Å². The molecule has 1 heterocycles. The number of aryl methyl sites for hydroxylation is 2. The first-order chi connectivity index (χ1) is 13.3. The van der Waals surface area contributed by atoms with Crippen molar-refractivity contribution in [3.05, 3.63) is 58.6 Å². The first-order valence-corrected chi connectivity index (χ1v) is 11.0. The minimum absolute atomic E-state index is 0.0943. The third-order valence-electron chi connectivity index (χ3n) is 4.93. The summed E-state index contributed by atoms with van der Waals surface area (Å²) in [5.41, 5.74) is 2.37. The topological polar surface area (TPSA) is 70.9 Å². The van der Waals surface area contributed by atoms with Gasteiger partial charge in [-0.15, -0.1) is 0 Å². The molecule has 0 spiro atoms. The number of hydrogen-bond donors (Lipinski definition) is 2. The second-order valence-corrected chi connectivity index (χ2v) is 9.50. The number of piperazine rings is 1. The highest BCUT2D eigenvalue weighted by Gasteiger charge is 2.32. The summed E-state index contributed by atoms with van der Waals surface area (Å²) < 4.78 is 27.5. The molecule has 1 fully saturated rings.